The van der Waals surface area contributed by atoms with Gasteiger partial charge in [-0.25, -0.2) is 4.98 Å². The predicted octanol–water partition coefficient (Wildman–Crippen LogP) is 2.24. The summed E-state index contributed by atoms with van der Waals surface area (Å²) in [6, 6.07) is 11.5. The summed E-state index contributed by atoms with van der Waals surface area (Å²) in [6.45, 7) is 0. The van der Waals surface area contributed by atoms with Crippen LogP contribution in [0.3, 0.4) is 0 Å². The van der Waals surface area contributed by atoms with Gasteiger partial charge in [0, 0.05) is 6.07 Å². The van der Waals surface area contributed by atoms with Crippen LogP contribution in [0.4, 0.5) is 11.5 Å². The molecule has 5 heteroatoms. The molecule has 2 rings (SSSR count). The second-order valence-corrected chi connectivity index (χ2v) is 3.22. The van der Waals surface area contributed by atoms with E-state index >= 15 is 0 Å². The van der Waals surface area contributed by atoms with Gasteiger partial charge in [0.15, 0.2) is 0 Å². The van der Waals surface area contributed by atoms with Crippen molar-refractivity contribution in [3.05, 3.63) is 52.6 Å². The highest BCUT2D eigenvalue weighted by Crippen LogP contribution is 2.28. The Morgan fingerprint density at radius 2 is 1.88 bits per heavy atom. The maximum atomic E-state index is 10.8. The topological polar surface area (TPSA) is 82.0 Å². The maximum Gasteiger partial charge on any atom is 0.278 e. The average molecular weight is 215 g/mol. The minimum atomic E-state index is -0.430. The van der Waals surface area contributed by atoms with Crippen LogP contribution in [-0.2, 0) is 0 Å². The molecule has 1 heterocycles. The SMILES string of the molecule is Nc1cccc(-c2ccccc2[N+](=O)[O-])n1. The van der Waals surface area contributed by atoms with Crippen molar-refractivity contribution in [3.8, 4) is 11.3 Å². The van der Waals surface area contributed by atoms with Crippen LogP contribution >= 0.6 is 0 Å². The molecule has 0 saturated heterocycles. The van der Waals surface area contributed by atoms with E-state index in [1.54, 1.807) is 36.4 Å². The third-order valence-electron chi connectivity index (χ3n) is 2.15. The Morgan fingerprint density at radius 1 is 1.12 bits per heavy atom. The third kappa shape index (κ3) is 1.83. The second kappa shape index (κ2) is 3.98. The van der Waals surface area contributed by atoms with Crippen LogP contribution in [-0.4, -0.2) is 9.91 Å². The zero-order chi connectivity index (χ0) is 11.5. The van der Waals surface area contributed by atoms with Gasteiger partial charge >= 0.3 is 0 Å². The quantitative estimate of drug-likeness (QED) is 0.615. The fourth-order valence-electron chi connectivity index (χ4n) is 1.45. The lowest BCUT2D eigenvalue weighted by Gasteiger charge is -2.02. The minimum absolute atomic E-state index is 0.0283. The number of aromatic nitrogens is 1. The van der Waals surface area contributed by atoms with E-state index in [9.17, 15) is 10.1 Å². The molecule has 0 aliphatic rings. The zero-order valence-corrected chi connectivity index (χ0v) is 8.33. The normalized spacial score (nSPS) is 10.0. The number of benzene rings is 1. The lowest BCUT2D eigenvalue weighted by atomic mass is 10.1. The molecule has 16 heavy (non-hydrogen) atoms. The molecule has 0 aliphatic carbocycles. The number of nitrogens with zero attached hydrogens (tertiary/aromatic N) is 2. The summed E-state index contributed by atoms with van der Waals surface area (Å²) in [6.07, 6.45) is 0. The van der Waals surface area contributed by atoms with Gasteiger partial charge in [0.2, 0.25) is 0 Å². The van der Waals surface area contributed by atoms with E-state index in [0.717, 1.165) is 0 Å². The number of rotatable bonds is 2. The fraction of sp³-hybridized carbons (Fsp3) is 0. The number of nitro groups is 1. The number of hydrogen-bond acceptors (Lipinski definition) is 4. The van der Waals surface area contributed by atoms with E-state index in [4.69, 9.17) is 5.73 Å². The number of anilines is 1. The number of pyridine rings is 1. The molecule has 0 spiro atoms. The molecule has 0 saturated carbocycles. The van der Waals surface area contributed by atoms with E-state index < -0.39 is 4.92 Å². The monoisotopic (exact) mass is 215 g/mol. The molecule has 0 radical (unpaired) electrons. The van der Waals surface area contributed by atoms with Crippen molar-refractivity contribution in [2.75, 3.05) is 5.73 Å². The van der Waals surface area contributed by atoms with Gasteiger partial charge in [0.25, 0.3) is 5.69 Å². The first-order valence-electron chi connectivity index (χ1n) is 4.65. The first-order chi connectivity index (χ1) is 7.68. The van der Waals surface area contributed by atoms with E-state index in [2.05, 4.69) is 4.98 Å². The molecule has 1 aromatic carbocycles. The number of nitrogen functional groups attached to an aromatic ring is 1. The Bertz CT molecular complexity index is 540. The van der Waals surface area contributed by atoms with Crippen LogP contribution < -0.4 is 5.73 Å². The van der Waals surface area contributed by atoms with E-state index in [1.165, 1.54) is 6.07 Å². The van der Waals surface area contributed by atoms with Crippen molar-refractivity contribution in [1.82, 2.24) is 4.98 Å². The van der Waals surface area contributed by atoms with E-state index in [-0.39, 0.29) is 5.69 Å². The van der Waals surface area contributed by atoms with Gasteiger partial charge in [-0.15, -0.1) is 0 Å². The highest BCUT2D eigenvalue weighted by atomic mass is 16.6. The molecule has 1 aromatic heterocycles. The van der Waals surface area contributed by atoms with E-state index in [0.29, 0.717) is 17.1 Å². The molecule has 0 atom stereocenters. The van der Waals surface area contributed by atoms with Crippen molar-refractivity contribution in [2.45, 2.75) is 0 Å². The summed E-state index contributed by atoms with van der Waals surface area (Å²) >= 11 is 0. The smallest absolute Gasteiger partial charge is 0.278 e. The summed E-state index contributed by atoms with van der Waals surface area (Å²) in [4.78, 5) is 14.5. The van der Waals surface area contributed by atoms with Crippen LogP contribution in [0.5, 0.6) is 0 Å². The minimum Gasteiger partial charge on any atom is -0.384 e. The van der Waals surface area contributed by atoms with Crippen LogP contribution in [0.2, 0.25) is 0 Å². The van der Waals surface area contributed by atoms with Crippen LogP contribution in [0.25, 0.3) is 11.3 Å². The molecule has 0 bridgehead atoms. The largest absolute Gasteiger partial charge is 0.384 e. The van der Waals surface area contributed by atoms with Gasteiger partial charge in [-0.2, -0.15) is 0 Å². The number of para-hydroxylation sites is 1. The molecule has 0 aliphatic heterocycles. The van der Waals surface area contributed by atoms with Crippen molar-refractivity contribution >= 4 is 11.5 Å². The Hall–Kier alpha value is -2.43. The Balaban J connectivity index is 2.60. The lowest BCUT2D eigenvalue weighted by Crippen LogP contribution is -1.95. The van der Waals surface area contributed by atoms with Gasteiger partial charge in [0.1, 0.15) is 5.82 Å². The van der Waals surface area contributed by atoms with E-state index in [1.807, 2.05) is 0 Å². The molecule has 0 fully saturated rings. The Labute approximate surface area is 91.7 Å². The molecule has 0 unspecified atom stereocenters. The van der Waals surface area contributed by atoms with Crippen LogP contribution in [0.1, 0.15) is 0 Å². The lowest BCUT2D eigenvalue weighted by molar-refractivity contribution is -0.384. The van der Waals surface area contributed by atoms with Gasteiger partial charge in [-0.05, 0) is 18.2 Å². The highest BCUT2D eigenvalue weighted by Gasteiger charge is 2.14. The Kier molecular flexibility index (Phi) is 2.51. The van der Waals surface area contributed by atoms with Crippen LogP contribution in [0, 0.1) is 10.1 Å². The summed E-state index contributed by atoms with van der Waals surface area (Å²) in [5.41, 5.74) is 6.55. The van der Waals surface area contributed by atoms with Gasteiger partial charge in [0.05, 0.1) is 16.2 Å². The number of nitrogens with two attached hydrogens (primary N) is 1. The fourth-order valence-corrected chi connectivity index (χ4v) is 1.45. The first kappa shape index (κ1) is 10.1. The van der Waals surface area contributed by atoms with Gasteiger partial charge in [-0.1, -0.05) is 18.2 Å². The summed E-state index contributed by atoms with van der Waals surface area (Å²) in [7, 11) is 0. The number of nitro benzene ring substituents is 1. The standard InChI is InChI=1S/C11H9N3O2/c12-11-7-3-5-9(13-11)8-4-1-2-6-10(8)14(15)16/h1-7H,(H2,12,13). The summed E-state index contributed by atoms with van der Waals surface area (Å²) in [5.74, 6) is 0.343. The zero-order valence-electron chi connectivity index (χ0n) is 8.33. The molecular weight excluding hydrogens is 206 g/mol. The summed E-state index contributed by atoms with van der Waals surface area (Å²) < 4.78 is 0. The highest BCUT2D eigenvalue weighted by molar-refractivity contribution is 5.71. The molecule has 5 nitrogen and oxygen atoms in total. The van der Waals surface area contributed by atoms with Crippen molar-refractivity contribution in [3.63, 3.8) is 0 Å². The molecule has 80 valence electrons. The molecule has 0 amide bonds. The van der Waals surface area contributed by atoms with Crippen molar-refractivity contribution in [2.24, 2.45) is 0 Å². The molecule has 2 aromatic rings. The third-order valence-corrected chi connectivity index (χ3v) is 2.15. The molecule has 2 N–H and O–H groups in total. The number of hydrogen-bond donors (Lipinski definition) is 1. The summed E-state index contributed by atoms with van der Waals surface area (Å²) in [5, 5.41) is 10.8. The van der Waals surface area contributed by atoms with Crippen molar-refractivity contribution in [1.29, 1.82) is 0 Å². The first-order valence-corrected chi connectivity index (χ1v) is 4.65. The Morgan fingerprint density at radius 3 is 2.56 bits per heavy atom. The average Bonchev–Trinajstić information content (AvgIpc) is 2.29. The molecular formula is C11H9N3O2. The van der Waals surface area contributed by atoms with Gasteiger partial charge in [-0.3, -0.25) is 10.1 Å². The predicted molar refractivity (Wildman–Crippen MR) is 60.7 cm³/mol. The van der Waals surface area contributed by atoms with Crippen molar-refractivity contribution < 1.29 is 4.92 Å². The van der Waals surface area contributed by atoms with Gasteiger partial charge < -0.3 is 5.73 Å². The maximum absolute atomic E-state index is 10.8. The van der Waals surface area contributed by atoms with Crippen LogP contribution in [0.15, 0.2) is 42.5 Å². The second-order valence-electron chi connectivity index (χ2n) is 3.22.